The first-order valence-corrected chi connectivity index (χ1v) is 9.06. The van der Waals surface area contributed by atoms with Crippen LogP contribution >= 0.6 is 27.5 Å². The van der Waals surface area contributed by atoms with E-state index in [1.807, 2.05) is 48.5 Å². The standard InChI is InChI=1S/C18H19BrClN3O/c19-14-3-1-2-13(10-14)17-16(11-22-23-17)18(24)21-9-8-12-4-6-15(20)7-5-12/h1-7,10,16-17,22-23H,8-9,11H2,(H,21,24). The minimum absolute atomic E-state index is 0.0296. The molecular formula is C18H19BrClN3O. The van der Waals surface area contributed by atoms with Gasteiger partial charge in [-0.15, -0.1) is 0 Å². The fourth-order valence-electron chi connectivity index (χ4n) is 2.87. The van der Waals surface area contributed by atoms with Crippen molar-refractivity contribution < 1.29 is 4.79 Å². The third kappa shape index (κ3) is 4.36. The Morgan fingerprint density at radius 1 is 1.25 bits per heavy atom. The highest BCUT2D eigenvalue weighted by Gasteiger charge is 2.33. The van der Waals surface area contributed by atoms with Gasteiger partial charge in [0.05, 0.1) is 12.0 Å². The molecule has 2 aromatic carbocycles. The first-order chi connectivity index (χ1) is 11.6. The molecule has 6 heteroatoms. The molecule has 1 heterocycles. The zero-order chi connectivity index (χ0) is 16.9. The molecule has 0 saturated carbocycles. The number of hydrogen-bond donors (Lipinski definition) is 3. The summed E-state index contributed by atoms with van der Waals surface area (Å²) >= 11 is 9.36. The van der Waals surface area contributed by atoms with Crippen molar-refractivity contribution in [1.29, 1.82) is 0 Å². The van der Waals surface area contributed by atoms with E-state index in [2.05, 4.69) is 32.1 Å². The van der Waals surface area contributed by atoms with Crippen LogP contribution < -0.4 is 16.2 Å². The molecule has 0 spiro atoms. The molecule has 0 radical (unpaired) electrons. The van der Waals surface area contributed by atoms with Gasteiger partial charge in [-0.3, -0.25) is 10.2 Å². The van der Waals surface area contributed by atoms with Gasteiger partial charge in [-0.05, 0) is 41.8 Å². The van der Waals surface area contributed by atoms with E-state index >= 15 is 0 Å². The summed E-state index contributed by atoms with van der Waals surface area (Å²) < 4.78 is 1.01. The summed E-state index contributed by atoms with van der Waals surface area (Å²) in [6.07, 6.45) is 0.790. The van der Waals surface area contributed by atoms with E-state index in [1.54, 1.807) is 0 Å². The summed E-state index contributed by atoms with van der Waals surface area (Å²) in [5.41, 5.74) is 8.54. The number of hydrazine groups is 1. The number of halogens is 2. The third-order valence-corrected chi connectivity index (χ3v) is 4.90. The Balaban J connectivity index is 1.56. The molecule has 0 aliphatic carbocycles. The van der Waals surface area contributed by atoms with Crippen LogP contribution in [0.25, 0.3) is 0 Å². The van der Waals surface area contributed by atoms with Gasteiger partial charge >= 0.3 is 0 Å². The van der Waals surface area contributed by atoms with Crippen LogP contribution in [0.4, 0.5) is 0 Å². The second-order valence-corrected chi connectivity index (χ2v) is 7.18. The van der Waals surface area contributed by atoms with Gasteiger partial charge in [0.2, 0.25) is 5.91 Å². The third-order valence-electron chi connectivity index (χ3n) is 4.15. The lowest BCUT2D eigenvalue weighted by Gasteiger charge is -2.18. The highest BCUT2D eigenvalue weighted by Crippen LogP contribution is 2.27. The average molecular weight is 409 g/mol. The predicted molar refractivity (Wildman–Crippen MR) is 99.7 cm³/mol. The second kappa shape index (κ2) is 8.12. The van der Waals surface area contributed by atoms with Crippen LogP contribution in [0.2, 0.25) is 5.02 Å². The Hall–Kier alpha value is -1.40. The Morgan fingerprint density at radius 3 is 2.79 bits per heavy atom. The van der Waals surface area contributed by atoms with Crippen LogP contribution in [0.1, 0.15) is 17.2 Å². The largest absolute Gasteiger partial charge is 0.355 e. The summed E-state index contributed by atoms with van der Waals surface area (Å²) in [5.74, 6) is -0.0732. The molecule has 1 aliphatic heterocycles. The fraction of sp³-hybridized carbons (Fsp3) is 0.278. The van der Waals surface area contributed by atoms with E-state index in [0.717, 1.165) is 27.0 Å². The first kappa shape index (κ1) is 17.4. The molecule has 1 aliphatic rings. The van der Waals surface area contributed by atoms with Gasteiger partial charge < -0.3 is 5.32 Å². The lowest BCUT2D eigenvalue weighted by molar-refractivity contribution is -0.124. The molecule has 1 amide bonds. The molecule has 1 saturated heterocycles. The summed E-state index contributed by atoms with van der Waals surface area (Å²) in [6.45, 7) is 1.23. The molecular weight excluding hydrogens is 390 g/mol. The van der Waals surface area contributed by atoms with Gasteiger partial charge in [-0.25, -0.2) is 5.43 Å². The van der Waals surface area contributed by atoms with Crippen molar-refractivity contribution >= 4 is 33.4 Å². The van der Waals surface area contributed by atoms with Gasteiger partial charge in [0.15, 0.2) is 0 Å². The maximum Gasteiger partial charge on any atom is 0.226 e. The Bertz CT molecular complexity index is 708. The maximum atomic E-state index is 12.5. The number of benzene rings is 2. The van der Waals surface area contributed by atoms with E-state index in [9.17, 15) is 4.79 Å². The SMILES string of the molecule is O=C(NCCc1ccc(Cl)cc1)C1CNNC1c1cccc(Br)c1. The maximum absolute atomic E-state index is 12.5. The van der Waals surface area contributed by atoms with Crippen molar-refractivity contribution in [2.45, 2.75) is 12.5 Å². The molecule has 4 nitrogen and oxygen atoms in total. The minimum Gasteiger partial charge on any atom is -0.355 e. The molecule has 1 fully saturated rings. The van der Waals surface area contributed by atoms with Crippen LogP contribution in [0.5, 0.6) is 0 Å². The minimum atomic E-state index is -0.135. The lowest BCUT2D eigenvalue weighted by atomic mass is 9.94. The molecule has 2 atom stereocenters. The van der Waals surface area contributed by atoms with Crippen LogP contribution in [-0.4, -0.2) is 19.0 Å². The highest BCUT2D eigenvalue weighted by molar-refractivity contribution is 9.10. The molecule has 3 N–H and O–H groups in total. The van der Waals surface area contributed by atoms with E-state index in [4.69, 9.17) is 11.6 Å². The van der Waals surface area contributed by atoms with Crippen molar-refractivity contribution in [3.63, 3.8) is 0 Å². The number of rotatable bonds is 5. The average Bonchev–Trinajstić information content (AvgIpc) is 3.06. The Kier molecular flexibility index (Phi) is 5.89. The van der Waals surface area contributed by atoms with E-state index in [0.29, 0.717) is 13.1 Å². The fourth-order valence-corrected chi connectivity index (χ4v) is 3.41. The van der Waals surface area contributed by atoms with Crippen LogP contribution in [-0.2, 0) is 11.2 Å². The van der Waals surface area contributed by atoms with Gasteiger partial charge in [0.1, 0.15) is 0 Å². The summed E-state index contributed by atoms with van der Waals surface area (Å²) in [7, 11) is 0. The van der Waals surface area contributed by atoms with Crippen LogP contribution in [0, 0.1) is 5.92 Å². The number of amides is 1. The number of hydrogen-bond acceptors (Lipinski definition) is 3. The Labute approximate surface area is 155 Å². The van der Waals surface area contributed by atoms with Gasteiger partial charge in [0, 0.05) is 22.6 Å². The summed E-state index contributed by atoms with van der Waals surface area (Å²) in [6, 6.07) is 15.7. The Morgan fingerprint density at radius 2 is 2.04 bits per heavy atom. The zero-order valence-corrected chi connectivity index (χ0v) is 15.4. The molecule has 0 bridgehead atoms. The van der Waals surface area contributed by atoms with Gasteiger partial charge in [-0.1, -0.05) is 51.8 Å². The zero-order valence-electron chi connectivity index (χ0n) is 13.1. The number of carbonyl (C=O) groups is 1. The molecule has 126 valence electrons. The lowest BCUT2D eigenvalue weighted by Crippen LogP contribution is -2.36. The highest BCUT2D eigenvalue weighted by atomic mass is 79.9. The summed E-state index contributed by atoms with van der Waals surface area (Å²) in [5, 5.41) is 3.76. The van der Waals surface area contributed by atoms with E-state index in [1.165, 1.54) is 0 Å². The summed E-state index contributed by atoms with van der Waals surface area (Å²) in [4.78, 5) is 12.5. The van der Waals surface area contributed by atoms with Crippen molar-refractivity contribution in [3.8, 4) is 0 Å². The topological polar surface area (TPSA) is 53.2 Å². The van der Waals surface area contributed by atoms with Crippen molar-refractivity contribution in [3.05, 3.63) is 69.2 Å². The van der Waals surface area contributed by atoms with Crippen LogP contribution in [0.15, 0.2) is 53.0 Å². The number of nitrogens with one attached hydrogen (secondary N) is 3. The van der Waals surface area contributed by atoms with E-state index < -0.39 is 0 Å². The monoisotopic (exact) mass is 407 g/mol. The smallest absolute Gasteiger partial charge is 0.226 e. The van der Waals surface area contributed by atoms with Gasteiger partial charge in [0.25, 0.3) is 0 Å². The van der Waals surface area contributed by atoms with Crippen molar-refractivity contribution in [2.24, 2.45) is 5.92 Å². The van der Waals surface area contributed by atoms with Crippen molar-refractivity contribution in [1.82, 2.24) is 16.2 Å². The molecule has 24 heavy (non-hydrogen) atoms. The quantitative estimate of drug-likeness (QED) is 0.712. The molecule has 3 rings (SSSR count). The van der Waals surface area contributed by atoms with Crippen molar-refractivity contribution in [2.75, 3.05) is 13.1 Å². The molecule has 2 unspecified atom stereocenters. The van der Waals surface area contributed by atoms with E-state index in [-0.39, 0.29) is 17.9 Å². The second-order valence-electron chi connectivity index (χ2n) is 5.83. The van der Waals surface area contributed by atoms with Gasteiger partial charge in [-0.2, -0.15) is 0 Å². The molecule has 0 aromatic heterocycles. The number of carbonyl (C=O) groups excluding carboxylic acids is 1. The molecule has 2 aromatic rings. The first-order valence-electron chi connectivity index (χ1n) is 7.89. The van der Waals surface area contributed by atoms with Crippen LogP contribution in [0.3, 0.4) is 0 Å². The predicted octanol–water partition coefficient (Wildman–Crippen LogP) is 3.23. The normalized spacial score (nSPS) is 20.1.